The molecular formula is C32H22F3N5O3. The molecule has 0 saturated heterocycles. The van der Waals surface area contributed by atoms with Gasteiger partial charge in [0.15, 0.2) is 11.5 Å². The number of carbonyl (C=O) groups excluding carboxylic acids is 1. The Morgan fingerprint density at radius 1 is 0.884 bits per heavy atom. The van der Waals surface area contributed by atoms with E-state index in [4.69, 9.17) is 14.5 Å². The van der Waals surface area contributed by atoms with Gasteiger partial charge in [-0.05, 0) is 77.4 Å². The normalized spacial score (nSPS) is 12.5. The van der Waals surface area contributed by atoms with E-state index < -0.39 is 11.7 Å². The van der Waals surface area contributed by atoms with E-state index in [1.165, 1.54) is 12.1 Å². The number of benzene rings is 4. The van der Waals surface area contributed by atoms with Gasteiger partial charge in [0.2, 0.25) is 6.79 Å². The number of anilines is 2. The van der Waals surface area contributed by atoms with Crippen LogP contribution in [-0.4, -0.2) is 27.9 Å². The molecule has 214 valence electrons. The van der Waals surface area contributed by atoms with Crippen LogP contribution in [0.15, 0.2) is 91.1 Å². The number of rotatable bonds is 6. The summed E-state index contributed by atoms with van der Waals surface area (Å²) < 4.78 is 49.9. The molecule has 8 nitrogen and oxygen atoms in total. The quantitative estimate of drug-likeness (QED) is 0.190. The Morgan fingerprint density at radius 2 is 1.67 bits per heavy atom. The van der Waals surface area contributed by atoms with Crippen LogP contribution in [0.2, 0.25) is 0 Å². The van der Waals surface area contributed by atoms with E-state index >= 15 is 0 Å². The molecule has 11 heteroatoms. The summed E-state index contributed by atoms with van der Waals surface area (Å²) in [4.78, 5) is 18.4. The monoisotopic (exact) mass is 581 g/mol. The molecule has 0 radical (unpaired) electrons. The molecule has 0 bridgehead atoms. The number of nitrogens with zero attached hydrogens (tertiary/aromatic N) is 2. The zero-order chi connectivity index (χ0) is 29.6. The standard InChI is InChI=1S/C32H22F3N5O3/c33-32(34,35)22-6-1-18(2-7-22)15-36-30-14-25(31(41)38-23-8-3-21-16-37-40-27(21)13-23)24-11-19(4-9-26(24)39-30)20-5-10-28-29(12-20)43-17-42-28/h1-14,16H,15,17H2,(H,36,39)(H,37,40)(H,38,41). The summed E-state index contributed by atoms with van der Waals surface area (Å²) in [5, 5.41) is 14.6. The number of hydrogen-bond donors (Lipinski definition) is 3. The number of pyridine rings is 1. The van der Waals surface area contributed by atoms with Crippen molar-refractivity contribution in [3.63, 3.8) is 0 Å². The number of amides is 1. The van der Waals surface area contributed by atoms with Gasteiger partial charge >= 0.3 is 6.18 Å². The first-order chi connectivity index (χ1) is 20.8. The summed E-state index contributed by atoms with van der Waals surface area (Å²) in [6.07, 6.45) is -2.71. The lowest BCUT2D eigenvalue weighted by molar-refractivity contribution is -0.137. The fourth-order valence-corrected chi connectivity index (χ4v) is 4.98. The van der Waals surface area contributed by atoms with Crippen molar-refractivity contribution in [2.75, 3.05) is 17.4 Å². The molecule has 0 fully saturated rings. The first-order valence-corrected chi connectivity index (χ1v) is 13.3. The first kappa shape index (κ1) is 26.3. The van der Waals surface area contributed by atoms with E-state index in [9.17, 15) is 18.0 Å². The van der Waals surface area contributed by atoms with Crippen LogP contribution in [-0.2, 0) is 12.7 Å². The minimum Gasteiger partial charge on any atom is -0.454 e. The molecule has 3 N–H and O–H groups in total. The van der Waals surface area contributed by atoms with Crippen LogP contribution in [0.5, 0.6) is 11.5 Å². The van der Waals surface area contributed by atoms with Gasteiger partial charge in [0.05, 0.1) is 28.4 Å². The van der Waals surface area contributed by atoms with Crippen molar-refractivity contribution in [2.45, 2.75) is 12.7 Å². The largest absolute Gasteiger partial charge is 0.454 e. The van der Waals surface area contributed by atoms with Gasteiger partial charge in [0, 0.05) is 23.0 Å². The number of aromatic nitrogens is 3. The molecule has 1 amide bonds. The molecule has 0 aliphatic carbocycles. The third-order valence-corrected chi connectivity index (χ3v) is 7.21. The number of ether oxygens (including phenoxy) is 2. The minimum atomic E-state index is -4.41. The lowest BCUT2D eigenvalue weighted by Crippen LogP contribution is -2.14. The number of carbonyl (C=O) groups is 1. The van der Waals surface area contributed by atoms with Crippen LogP contribution in [0.25, 0.3) is 32.9 Å². The zero-order valence-corrected chi connectivity index (χ0v) is 22.3. The van der Waals surface area contributed by atoms with Crippen LogP contribution in [0.1, 0.15) is 21.5 Å². The van der Waals surface area contributed by atoms with Crippen LogP contribution < -0.4 is 20.1 Å². The van der Waals surface area contributed by atoms with E-state index in [0.717, 1.165) is 34.2 Å². The summed E-state index contributed by atoms with van der Waals surface area (Å²) in [7, 11) is 0. The van der Waals surface area contributed by atoms with Crippen LogP contribution in [0.4, 0.5) is 24.7 Å². The highest BCUT2D eigenvalue weighted by Crippen LogP contribution is 2.37. The predicted molar refractivity (Wildman–Crippen MR) is 156 cm³/mol. The number of halogens is 3. The summed E-state index contributed by atoms with van der Waals surface area (Å²) in [6, 6.07) is 23.3. The number of hydrogen-bond acceptors (Lipinski definition) is 6. The number of H-pyrrole nitrogens is 1. The topological polar surface area (TPSA) is 101 Å². The fraction of sp³-hybridized carbons (Fsp3) is 0.0938. The Morgan fingerprint density at radius 3 is 2.51 bits per heavy atom. The second-order valence-corrected chi connectivity index (χ2v) is 10.0. The van der Waals surface area contributed by atoms with Crippen molar-refractivity contribution >= 4 is 39.2 Å². The molecular weight excluding hydrogens is 559 g/mol. The second-order valence-electron chi connectivity index (χ2n) is 10.0. The average molecular weight is 582 g/mol. The van der Waals surface area contributed by atoms with Crippen molar-refractivity contribution in [1.29, 1.82) is 0 Å². The third kappa shape index (κ3) is 5.28. The summed E-state index contributed by atoms with van der Waals surface area (Å²) in [5.74, 6) is 1.36. The molecule has 1 aliphatic heterocycles. The number of fused-ring (bicyclic) bond motifs is 3. The van der Waals surface area contributed by atoms with Crippen molar-refractivity contribution in [3.8, 4) is 22.6 Å². The Hall–Kier alpha value is -5.58. The second kappa shape index (κ2) is 10.4. The number of nitrogens with one attached hydrogen (secondary N) is 3. The Bertz CT molecular complexity index is 2000. The maximum Gasteiger partial charge on any atom is 0.416 e. The maximum atomic E-state index is 13.7. The number of aromatic amines is 1. The number of alkyl halides is 3. The van der Waals surface area contributed by atoms with E-state index in [1.807, 2.05) is 42.5 Å². The molecule has 3 heterocycles. The lowest BCUT2D eigenvalue weighted by Gasteiger charge is -2.14. The van der Waals surface area contributed by atoms with Crippen molar-refractivity contribution in [1.82, 2.24) is 15.2 Å². The molecule has 1 aliphatic rings. The van der Waals surface area contributed by atoms with Crippen LogP contribution >= 0.6 is 0 Å². The summed E-state index contributed by atoms with van der Waals surface area (Å²) >= 11 is 0. The van der Waals surface area contributed by atoms with E-state index in [-0.39, 0.29) is 19.2 Å². The van der Waals surface area contributed by atoms with Gasteiger partial charge in [-0.3, -0.25) is 9.89 Å². The first-order valence-electron chi connectivity index (χ1n) is 13.3. The van der Waals surface area contributed by atoms with Gasteiger partial charge < -0.3 is 20.1 Å². The molecule has 43 heavy (non-hydrogen) atoms. The Labute approximate surface area is 242 Å². The van der Waals surface area contributed by atoms with Gasteiger partial charge in [0.25, 0.3) is 5.91 Å². The van der Waals surface area contributed by atoms with E-state index in [2.05, 4.69) is 20.8 Å². The molecule has 6 aromatic rings. The highest BCUT2D eigenvalue weighted by atomic mass is 19.4. The zero-order valence-electron chi connectivity index (χ0n) is 22.3. The smallest absolute Gasteiger partial charge is 0.416 e. The maximum absolute atomic E-state index is 13.7. The van der Waals surface area contributed by atoms with E-state index in [1.54, 1.807) is 24.4 Å². The average Bonchev–Trinajstić information content (AvgIpc) is 3.68. The van der Waals surface area contributed by atoms with Gasteiger partial charge in [-0.15, -0.1) is 0 Å². The van der Waals surface area contributed by atoms with Crippen molar-refractivity contribution < 1.29 is 27.4 Å². The van der Waals surface area contributed by atoms with Crippen LogP contribution in [0.3, 0.4) is 0 Å². The van der Waals surface area contributed by atoms with Gasteiger partial charge in [-0.2, -0.15) is 18.3 Å². The molecule has 0 saturated carbocycles. The van der Waals surface area contributed by atoms with Gasteiger partial charge in [-0.1, -0.05) is 24.3 Å². The van der Waals surface area contributed by atoms with Crippen molar-refractivity contribution in [3.05, 3.63) is 108 Å². The Balaban J connectivity index is 1.23. The highest BCUT2D eigenvalue weighted by molar-refractivity contribution is 6.13. The molecule has 0 spiro atoms. The summed E-state index contributed by atoms with van der Waals surface area (Å²) in [5.41, 5.74) is 3.94. The Kier molecular flexibility index (Phi) is 6.34. The molecule has 0 atom stereocenters. The highest BCUT2D eigenvalue weighted by Gasteiger charge is 2.30. The molecule has 2 aromatic heterocycles. The van der Waals surface area contributed by atoms with Gasteiger partial charge in [0.1, 0.15) is 5.82 Å². The summed E-state index contributed by atoms with van der Waals surface area (Å²) in [6.45, 7) is 0.376. The van der Waals surface area contributed by atoms with E-state index in [0.29, 0.717) is 45.0 Å². The molecule has 0 unspecified atom stereocenters. The third-order valence-electron chi connectivity index (χ3n) is 7.21. The van der Waals surface area contributed by atoms with Crippen LogP contribution in [0, 0.1) is 0 Å². The molecule has 7 rings (SSSR count). The minimum absolute atomic E-state index is 0.164. The predicted octanol–water partition coefficient (Wildman–Crippen LogP) is 7.39. The van der Waals surface area contributed by atoms with Crippen molar-refractivity contribution in [2.24, 2.45) is 0 Å². The van der Waals surface area contributed by atoms with Gasteiger partial charge in [-0.25, -0.2) is 4.98 Å². The fourth-order valence-electron chi connectivity index (χ4n) is 4.98. The lowest BCUT2D eigenvalue weighted by atomic mass is 10.00. The SMILES string of the molecule is O=C(Nc1ccc2cn[nH]c2c1)c1cc(NCc2ccc(C(F)(F)F)cc2)nc2ccc(-c3ccc4c(c3)OCO4)cc12. The molecule has 4 aromatic carbocycles.